The Balaban J connectivity index is 0.000000400. The van der Waals surface area contributed by atoms with Gasteiger partial charge in [0.05, 0.1) is 47.0 Å². The van der Waals surface area contributed by atoms with Crippen LogP contribution in [0.4, 0.5) is 0 Å². The van der Waals surface area contributed by atoms with Crippen molar-refractivity contribution in [2.24, 2.45) is 21.7 Å². The number of methoxy groups -OCH3 is 2. The monoisotopic (exact) mass is 1040 g/mol. The maximum absolute atomic E-state index is 13.1. The van der Waals surface area contributed by atoms with E-state index in [2.05, 4.69) is 27.7 Å². The second-order valence-corrected chi connectivity index (χ2v) is 23.6. The number of hydrogen-bond donors (Lipinski definition) is 0. The van der Waals surface area contributed by atoms with Crippen molar-refractivity contribution in [3.8, 4) is 34.5 Å². The van der Waals surface area contributed by atoms with E-state index in [0.29, 0.717) is 56.8 Å². The van der Waals surface area contributed by atoms with Crippen LogP contribution in [-0.2, 0) is 32.0 Å². The molecule has 0 aliphatic carbocycles. The molecule has 12 nitrogen and oxygen atoms in total. The Morgan fingerprint density at radius 1 is 0.434 bits per heavy atom. The van der Waals surface area contributed by atoms with Crippen LogP contribution in [-0.4, -0.2) is 49.7 Å². The Morgan fingerprint density at radius 2 is 0.750 bits per heavy atom. The van der Waals surface area contributed by atoms with Crippen molar-refractivity contribution >= 4 is 47.6 Å². The van der Waals surface area contributed by atoms with Crippen molar-refractivity contribution in [2.75, 3.05) is 14.2 Å². The number of hydrogen-bond acceptors (Lipinski definition) is 12. The first-order valence-electron chi connectivity index (χ1n) is 26.2. The third-order valence-electron chi connectivity index (χ3n) is 11.8. The molecule has 412 valence electrons. The lowest BCUT2D eigenvalue weighted by Crippen LogP contribution is -2.26. The van der Waals surface area contributed by atoms with Crippen molar-refractivity contribution in [1.29, 1.82) is 0 Å². The Bertz CT molecular complexity index is 2760. The predicted octanol–water partition coefficient (Wildman–Crippen LogP) is 15.1. The fourth-order valence-corrected chi connectivity index (χ4v) is 7.17. The summed E-state index contributed by atoms with van der Waals surface area (Å²) in [7, 11) is 3.16. The molecule has 0 N–H and O–H groups in total. The molecule has 0 heterocycles. The third kappa shape index (κ3) is 17.6. The van der Waals surface area contributed by atoms with Gasteiger partial charge in [0.15, 0.2) is 11.6 Å². The second-order valence-electron chi connectivity index (χ2n) is 23.6. The molecule has 0 spiro atoms. The van der Waals surface area contributed by atoms with Gasteiger partial charge in [-0.3, -0.25) is 28.8 Å². The Hall–Kier alpha value is -6.82. The summed E-state index contributed by atoms with van der Waals surface area (Å²) in [6.07, 6.45) is 9.50. The van der Waals surface area contributed by atoms with E-state index in [4.69, 9.17) is 28.4 Å². The minimum atomic E-state index is -0.715. The summed E-state index contributed by atoms with van der Waals surface area (Å²) in [4.78, 5) is 76.3. The lowest BCUT2D eigenvalue weighted by Gasteiger charge is -2.25. The molecule has 4 aromatic rings. The van der Waals surface area contributed by atoms with Crippen LogP contribution in [0.1, 0.15) is 203 Å². The first-order valence-corrected chi connectivity index (χ1v) is 26.2. The number of benzene rings is 4. The molecule has 0 aliphatic heterocycles. The standard InChI is InChI=1S/2C32H42O6/c1-19(2)24-18-25(20(3)4)28(38-30(35)32(8,9)10)23(27(24)36-11)16-17-26(33)21-12-14-22(15-13-21)37-29(34)31(5,6)7;1-10-12-22-20-23(13-11-2)28(38-30(35)32(6,7)8)25(27(22)36-9)18-19-26(33)21-14-16-24(17-15-21)37-29(34)31(3,4)5/h12-20H,1-11H3;14-20H,10-13H2,1-9H3. The highest BCUT2D eigenvalue weighted by Gasteiger charge is 2.31. The Labute approximate surface area is 452 Å². The molecular formula is C64H84O12. The normalized spacial score (nSPS) is 12.1. The average molecular weight is 1050 g/mol. The zero-order chi connectivity index (χ0) is 57.7. The van der Waals surface area contributed by atoms with E-state index in [-0.39, 0.29) is 47.3 Å². The molecule has 0 bridgehead atoms. The highest BCUT2D eigenvalue weighted by molar-refractivity contribution is 6.08. The van der Waals surface area contributed by atoms with Gasteiger partial charge in [0, 0.05) is 11.1 Å². The molecule has 76 heavy (non-hydrogen) atoms. The maximum atomic E-state index is 13.1. The first kappa shape index (κ1) is 63.5. The smallest absolute Gasteiger partial charge is 0.316 e. The molecule has 0 fully saturated rings. The number of carbonyl (C=O) groups is 6. The largest absolute Gasteiger partial charge is 0.496 e. The molecule has 0 saturated carbocycles. The zero-order valence-corrected chi connectivity index (χ0v) is 49.0. The van der Waals surface area contributed by atoms with Crippen LogP contribution in [0.3, 0.4) is 0 Å². The van der Waals surface area contributed by atoms with Crippen LogP contribution in [0.5, 0.6) is 34.5 Å². The molecule has 4 aromatic carbocycles. The van der Waals surface area contributed by atoms with Gasteiger partial charge in [0.2, 0.25) is 0 Å². The lowest BCUT2D eigenvalue weighted by atomic mass is 9.90. The van der Waals surface area contributed by atoms with Crippen LogP contribution in [0.25, 0.3) is 12.2 Å². The molecule has 0 atom stereocenters. The number of aryl methyl sites for hydroxylation is 2. The number of carbonyl (C=O) groups excluding carboxylic acids is 6. The van der Waals surface area contributed by atoms with Gasteiger partial charge in [0.25, 0.3) is 0 Å². The number of ketones is 2. The highest BCUT2D eigenvalue weighted by atomic mass is 16.6. The van der Waals surface area contributed by atoms with Crippen molar-refractivity contribution < 1.29 is 57.2 Å². The fraction of sp³-hybridized carbons (Fsp3) is 0.469. The molecule has 4 rings (SSSR count). The summed E-state index contributed by atoms with van der Waals surface area (Å²) < 4.78 is 34.3. The van der Waals surface area contributed by atoms with Gasteiger partial charge in [-0.1, -0.05) is 54.4 Å². The third-order valence-corrected chi connectivity index (χ3v) is 11.8. The quantitative estimate of drug-likeness (QED) is 0.0402. The van der Waals surface area contributed by atoms with Gasteiger partial charge in [-0.2, -0.15) is 0 Å². The SMILES string of the molecule is CCCc1cc(CCC)c(OC(=O)C(C)(C)C)c(C=CC(=O)c2ccc(OC(=O)C(C)(C)C)cc2)c1OC.COc1c(C(C)C)cc(C(C)C)c(OC(=O)C(C)(C)C)c1C=CC(=O)c1ccc(OC(=O)C(C)(C)C)cc1. The number of ether oxygens (including phenoxy) is 6. The van der Waals surface area contributed by atoms with Gasteiger partial charge >= 0.3 is 23.9 Å². The number of allylic oxidation sites excluding steroid dienone is 2. The molecule has 0 aliphatic rings. The van der Waals surface area contributed by atoms with E-state index in [1.165, 1.54) is 12.2 Å². The fourth-order valence-electron chi connectivity index (χ4n) is 7.17. The average Bonchev–Trinajstić information content (AvgIpc) is 3.32. The first-order chi connectivity index (χ1) is 35.2. The Kier molecular flexibility index (Phi) is 22.4. The van der Waals surface area contributed by atoms with Gasteiger partial charge in [-0.15, -0.1) is 0 Å². The molecular weight excluding hydrogens is 961 g/mol. The molecule has 0 aromatic heterocycles. The van der Waals surface area contributed by atoms with Gasteiger partial charge in [0.1, 0.15) is 34.5 Å². The van der Waals surface area contributed by atoms with E-state index in [9.17, 15) is 28.8 Å². The summed E-state index contributed by atoms with van der Waals surface area (Å²) in [5.41, 5.74) is 3.03. The maximum Gasteiger partial charge on any atom is 0.316 e. The number of rotatable bonds is 18. The van der Waals surface area contributed by atoms with Crippen molar-refractivity contribution in [1.82, 2.24) is 0 Å². The summed E-state index contributed by atoms with van der Waals surface area (Å²) >= 11 is 0. The summed E-state index contributed by atoms with van der Waals surface area (Å²) in [5, 5.41) is 0. The van der Waals surface area contributed by atoms with Gasteiger partial charge < -0.3 is 28.4 Å². The predicted molar refractivity (Wildman–Crippen MR) is 302 cm³/mol. The highest BCUT2D eigenvalue weighted by Crippen LogP contribution is 2.44. The van der Waals surface area contributed by atoms with Crippen molar-refractivity contribution in [3.63, 3.8) is 0 Å². The minimum Gasteiger partial charge on any atom is -0.496 e. The van der Waals surface area contributed by atoms with Crippen LogP contribution in [0, 0.1) is 21.7 Å². The van der Waals surface area contributed by atoms with Crippen molar-refractivity contribution in [3.05, 3.63) is 117 Å². The van der Waals surface area contributed by atoms with Crippen LogP contribution in [0.2, 0.25) is 0 Å². The summed E-state index contributed by atoms with van der Waals surface area (Å²) in [6.45, 7) is 33.8. The van der Waals surface area contributed by atoms with E-state index in [1.54, 1.807) is 158 Å². The van der Waals surface area contributed by atoms with Crippen LogP contribution < -0.4 is 28.4 Å². The lowest BCUT2D eigenvalue weighted by molar-refractivity contribution is -0.143. The summed E-state index contributed by atoms with van der Waals surface area (Å²) in [6, 6.07) is 16.9. The minimum absolute atomic E-state index is 0.0624. The van der Waals surface area contributed by atoms with Gasteiger partial charge in [-0.05, 0) is 215 Å². The van der Waals surface area contributed by atoms with Crippen LogP contribution >= 0.6 is 0 Å². The van der Waals surface area contributed by atoms with E-state index >= 15 is 0 Å². The Morgan fingerprint density at radius 3 is 1.08 bits per heavy atom. The topological polar surface area (TPSA) is 158 Å². The number of esters is 4. The van der Waals surface area contributed by atoms with Crippen LogP contribution in [0.15, 0.2) is 72.8 Å². The van der Waals surface area contributed by atoms with E-state index < -0.39 is 21.7 Å². The second kappa shape index (κ2) is 26.8. The molecule has 0 unspecified atom stereocenters. The van der Waals surface area contributed by atoms with E-state index in [1.807, 2.05) is 26.0 Å². The summed E-state index contributed by atoms with van der Waals surface area (Å²) in [5.74, 6) is 0.993. The molecule has 0 amide bonds. The molecule has 0 saturated heterocycles. The van der Waals surface area contributed by atoms with E-state index in [0.717, 1.165) is 47.9 Å². The zero-order valence-electron chi connectivity index (χ0n) is 49.0. The molecule has 12 heteroatoms. The van der Waals surface area contributed by atoms with Crippen molar-refractivity contribution in [2.45, 2.75) is 162 Å². The molecule has 0 radical (unpaired) electrons. The van der Waals surface area contributed by atoms with Gasteiger partial charge in [-0.25, -0.2) is 0 Å².